The van der Waals surface area contributed by atoms with Crippen molar-refractivity contribution in [3.05, 3.63) is 23.8 Å². The highest BCUT2D eigenvalue weighted by atomic mass is 32.2. The van der Waals surface area contributed by atoms with Gasteiger partial charge in [-0.2, -0.15) is 5.26 Å². The van der Waals surface area contributed by atoms with E-state index in [4.69, 9.17) is 11.7 Å². The predicted molar refractivity (Wildman–Crippen MR) is 65.0 cm³/mol. The summed E-state index contributed by atoms with van der Waals surface area (Å²) in [5.41, 5.74) is 1.59. The van der Waals surface area contributed by atoms with Gasteiger partial charge in [0.1, 0.15) is 6.07 Å². The topological polar surface area (TPSA) is 27.0 Å². The fourth-order valence-electron chi connectivity index (χ4n) is 1.34. The number of nitrogens with zero attached hydrogens (tertiary/aromatic N) is 2. The number of rotatable bonds is 3. The summed E-state index contributed by atoms with van der Waals surface area (Å²) in [7, 11) is 1.89. The van der Waals surface area contributed by atoms with Crippen LogP contribution >= 0.6 is 11.8 Å². The second-order valence-electron chi connectivity index (χ2n) is 3.03. The number of terminal acetylenes is 1. The van der Waals surface area contributed by atoms with E-state index in [1.165, 1.54) is 0 Å². The lowest BCUT2D eigenvalue weighted by Crippen LogP contribution is -2.18. The summed E-state index contributed by atoms with van der Waals surface area (Å²) in [6, 6.07) is 8.02. The molecule has 0 fully saturated rings. The molecule has 0 amide bonds. The summed E-state index contributed by atoms with van der Waals surface area (Å²) in [5, 5.41) is 9.11. The van der Waals surface area contributed by atoms with Gasteiger partial charge in [-0.1, -0.05) is 12.0 Å². The molecule has 0 saturated carbocycles. The van der Waals surface area contributed by atoms with Gasteiger partial charge in [0.05, 0.1) is 17.8 Å². The maximum Gasteiger partial charge on any atom is 0.103 e. The molecule has 0 atom stereocenters. The highest BCUT2D eigenvalue weighted by Gasteiger charge is 2.09. The van der Waals surface area contributed by atoms with Crippen LogP contribution in [0.1, 0.15) is 5.56 Å². The van der Waals surface area contributed by atoms with Crippen molar-refractivity contribution in [1.82, 2.24) is 0 Å². The van der Waals surface area contributed by atoms with E-state index in [2.05, 4.69) is 12.0 Å². The molecule has 76 valence electrons. The Labute approximate surface area is 94.9 Å². The van der Waals surface area contributed by atoms with Crippen LogP contribution in [0, 0.1) is 23.7 Å². The second-order valence-corrected chi connectivity index (χ2v) is 3.87. The summed E-state index contributed by atoms with van der Waals surface area (Å²) in [6.45, 7) is 0.506. The Bertz CT molecular complexity index is 426. The highest BCUT2D eigenvalue weighted by molar-refractivity contribution is 7.98. The largest absolute Gasteiger partial charge is 0.362 e. The van der Waals surface area contributed by atoms with Gasteiger partial charge in [-0.05, 0) is 18.4 Å². The standard InChI is InChI=1S/C12H12N2S/c1-4-8-14(2)11-6-5-7-12(15-3)10(11)9-13/h1,5-7H,8H2,2-3H3. The molecule has 0 N–H and O–H groups in total. The van der Waals surface area contributed by atoms with Crippen molar-refractivity contribution in [2.75, 3.05) is 24.7 Å². The van der Waals surface area contributed by atoms with Crippen molar-refractivity contribution < 1.29 is 0 Å². The first kappa shape index (κ1) is 11.5. The molecular formula is C12H12N2S. The third-order valence-electron chi connectivity index (χ3n) is 2.08. The van der Waals surface area contributed by atoms with Crippen LogP contribution in [-0.2, 0) is 0 Å². The molecule has 2 nitrogen and oxygen atoms in total. The summed E-state index contributed by atoms with van der Waals surface area (Å²) < 4.78 is 0. The molecule has 3 heteroatoms. The molecule has 15 heavy (non-hydrogen) atoms. The van der Waals surface area contributed by atoms with Crippen LogP contribution in [-0.4, -0.2) is 19.8 Å². The van der Waals surface area contributed by atoms with Crippen LogP contribution in [0.4, 0.5) is 5.69 Å². The molecule has 0 aromatic heterocycles. The maximum atomic E-state index is 9.11. The number of thioether (sulfide) groups is 1. The number of benzene rings is 1. The number of anilines is 1. The van der Waals surface area contributed by atoms with Crippen molar-refractivity contribution in [2.45, 2.75) is 4.90 Å². The summed E-state index contributed by atoms with van der Waals surface area (Å²) in [6.07, 6.45) is 7.21. The van der Waals surface area contributed by atoms with Crippen molar-refractivity contribution in [2.24, 2.45) is 0 Å². The molecular weight excluding hydrogens is 204 g/mol. The Balaban J connectivity index is 3.19. The zero-order chi connectivity index (χ0) is 11.3. The van der Waals surface area contributed by atoms with Crippen molar-refractivity contribution in [1.29, 1.82) is 5.26 Å². The van der Waals surface area contributed by atoms with Gasteiger partial charge < -0.3 is 4.90 Å². The van der Waals surface area contributed by atoms with Gasteiger partial charge >= 0.3 is 0 Å². The van der Waals surface area contributed by atoms with E-state index < -0.39 is 0 Å². The molecule has 0 saturated heterocycles. The molecule has 1 rings (SSSR count). The van der Waals surface area contributed by atoms with Crippen LogP contribution in [0.25, 0.3) is 0 Å². The predicted octanol–water partition coefficient (Wildman–Crippen LogP) is 2.35. The van der Waals surface area contributed by atoms with Gasteiger partial charge in [0.25, 0.3) is 0 Å². The molecule has 0 aliphatic rings. The van der Waals surface area contributed by atoms with E-state index in [9.17, 15) is 0 Å². The van der Waals surface area contributed by atoms with E-state index in [0.29, 0.717) is 12.1 Å². The van der Waals surface area contributed by atoms with E-state index in [1.54, 1.807) is 11.8 Å². The van der Waals surface area contributed by atoms with Crippen molar-refractivity contribution >= 4 is 17.4 Å². The minimum atomic E-state index is 0.506. The Kier molecular flexibility index (Phi) is 4.09. The van der Waals surface area contributed by atoms with E-state index in [1.807, 2.05) is 36.4 Å². The van der Waals surface area contributed by atoms with Crippen LogP contribution in [0.3, 0.4) is 0 Å². The van der Waals surface area contributed by atoms with Gasteiger partial charge in [-0.25, -0.2) is 0 Å². The molecule has 0 radical (unpaired) electrons. The first-order chi connectivity index (χ1) is 7.24. The normalized spacial score (nSPS) is 9.07. The average Bonchev–Trinajstić information content (AvgIpc) is 2.28. The van der Waals surface area contributed by atoms with Crippen molar-refractivity contribution in [3.8, 4) is 18.4 Å². The van der Waals surface area contributed by atoms with Crippen LogP contribution in [0.2, 0.25) is 0 Å². The quantitative estimate of drug-likeness (QED) is 0.573. The zero-order valence-corrected chi connectivity index (χ0v) is 9.64. The molecule has 0 unspecified atom stereocenters. The van der Waals surface area contributed by atoms with E-state index in [0.717, 1.165) is 10.6 Å². The monoisotopic (exact) mass is 216 g/mol. The van der Waals surface area contributed by atoms with Gasteiger partial charge in [0, 0.05) is 11.9 Å². The maximum absolute atomic E-state index is 9.11. The van der Waals surface area contributed by atoms with Crippen LogP contribution < -0.4 is 4.90 Å². The van der Waals surface area contributed by atoms with Gasteiger partial charge in [0.2, 0.25) is 0 Å². The lowest BCUT2D eigenvalue weighted by atomic mass is 10.2. The summed E-state index contributed by atoms with van der Waals surface area (Å²) in [5.74, 6) is 2.56. The Morgan fingerprint density at radius 2 is 2.27 bits per heavy atom. The first-order valence-corrected chi connectivity index (χ1v) is 5.68. The molecule has 0 aliphatic carbocycles. The minimum absolute atomic E-state index is 0.506. The molecule has 1 aromatic carbocycles. The van der Waals surface area contributed by atoms with Gasteiger partial charge in [-0.15, -0.1) is 18.2 Å². The second kappa shape index (κ2) is 5.34. The Morgan fingerprint density at radius 3 is 2.80 bits per heavy atom. The lowest BCUT2D eigenvalue weighted by molar-refractivity contribution is 1.04. The Hall–Kier alpha value is -1.58. The first-order valence-electron chi connectivity index (χ1n) is 4.46. The van der Waals surface area contributed by atoms with Crippen LogP contribution in [0.5, 0.6) is 0 Å². The van der Waals surface area contributed by atoms with Crippen molar-refractivity contribution in [3.63, 3.8) is 0 Å². The van der Waals surface area contributed by atoms with Gasteiger partial charge in [-0.3, -0.25) is 0 Å². The molecule has 1 aromatic rings. The van der Waals surface area contributed by atoms with E-state index in [-0.39, 0.29) is 0 Å². The third kappa shape index (κ3) is 2.46. The number of nitriles is 1. The number of hydrogen-bond donors (Lipinski definition) is 0. The molecule has 0 spiro atoms. The fraction of sp³-hybridized carbons (Fsp3) is 0.250. The van der Waals surface area contributed by atoms with E-state index >= 15 is 0 Å². The van der Waals surface area contributed by atoms with Crippen LogP contribution in [0.15, 0.2) is 23.1 Å². The number of hydrogen-bond acceptors (Lipinski definition) is 3. The minimum Gasteiger partial charge on any atom is -0.362 e. The summed E-state index contributed by atoms with van der Waals surface area (Å²) >= 11 is 1.57. The SMILES string of the molecule is C#CCN(C)c1cccc(SC)c1C#N. The smallest absolute Gasteiger partial charge is 0.103 e. The average molecular weight is 216 g/mol. The zero-order valence-electron chi connectivity index (χ0n) is 8.82. The molecule has 0 aliphatic heterocycles. The highest BCUT2D eigenvalue weighted by Crippen LogP contribution is 2.28. The lowest BCUT2D eigenvalue weighted by Gasteiger charge is -2.18. The Morgan fingerprint density at radius 1 is 1.53 bits per heavy atom. The van der Waals surface area contributed by atoms with Gasteiger partial charge in [0.15, 0.2) is 0 Å². The molecule has 0 bridgehead atoms. The molecule has 0 heterocycles. The third-order valence-corrected chi connectivity index (χ3v) is 2.86. The summed E-state index contributed by atoms with van der Waals surface area (Å²) in [4.78, 5) is 2.89. The fourth-order valence-corrected chi connectivity index (χ4v) is 1.91.